The van der Waals surface area contributed by atoms with Crippen LogP contribution in [0.2, 0.25) is 0 Å². The normalized spacial score (nSPS) is 16.1. The number of hydrogen-bond donors (Lipinski definition) is 1. The maximum absolute atomic E-state index is 9.03. The van der Waals surface area contributed by atoms with E-state index in [1.54, 1.807) is 6.07 Å². The predicted octanol–water partition coefficient (Wildman–Crippen LogP) is 2.53. The molecule has 3 rings (SSSR count). The molecule has 2 N–H and O–H groups in total. The molecule has 0 saturated heterocycles. The first-order valence-electron chi connectivity index (χ1n) is 6.41. The van der Waals surface area contributed by atoms with Crippen molar-refractivity contribution < 1.29 is 9.47 Å². The minimum atomic E-state index is -0.0571. The van der Waals surface area contributed by atoms with E-state index in [1.165, 1.54) is 0 Å². The van der Waals surface area contributed by atoms with Gasteiger partial charge in [-0.3, -0.25) is 0 Å². The van der Waals surface area contributed by atoms with Crippen LogP contribution in [0, 0.1) is 11.3 Å². The minimum absolute atomic E-state index is 0.0571. The third-order valence-corrected chi connectivity index (χ3v) is 3.34. The Morgan fingerprint density at radius 1 is 1.30 bits per heavy atom. The predicted molar refractivity (Wildman–Crippen MR) is 74.4 cm³/mol. The van der Waals surface area contributed by atoms with E-state index >= 15 is 0 Å². The smallest absolute Gasteiger partial charge is 0.127 e. The molecule has 1 heterocycles. The Hall–Kier alpha value is -2.51. The molecule has 0 amide bonds. The Morgan fingerprint density at radius 2 is 2.15 bits per heavy atom. The molecular formula is C16H14N2O2. The fourth-order valence-electron chi connectivity index (χ4n) is 2.22. The number of fused-ring (bicyclic) bond motifs is 1. The molecule has 0 bridgehead atoms. The summed E-state index contributed by atoms with van der Waals surface area (Å²) < 4.78 is 11.2. The summed E-state index contributed by atoms with van der Waals surface area (Å²) in [7, 11) is 0. The highest BCUT2D eigenvalue weighted by molar-refractivity contribution is 5.45. The second-order valence-corrected chi connectivity index (χ2v) is 4.67. The molecule has 2 aromatic carbocycles. The molecule has 0 spiro atoms. The van der Waals surface area contributed by atoms with Gasteiger partial charge in [-0.15, -0.1) is 0 Å². The van der Waals surface area contributed by atoms with Crippen LogP contribution in [0.4, 0.5) is 0 Å². The lowest BCUT2D eigenvalue weighted by atomic mass is 10.1. The van der Waals surface area contributed by atoms with Gasteiger partial charge in [0.15, 0.2) is 0 Å². The first-order chi connectivity index (χ1) is 9.78. The van der Waals surface area contributed by atoms with Crippen molar-refractivity contribution in [3.8, 4) is 17.6 Å². The van der Waals surface area contributed by atoms with Gasteiger partial charge in [0, 0.05) is 17.2 Å². The Bertz CT molecular complexity index is 676. The highest BCUT2D eigenvalue weighted by atomic mass is 16.5. The number of ether oxygens (including phenoxy) is 2. The van der Waals surface area contributed by atoms with E-state index in [0.29, 0.717) is 24.5 Å². The molecule has 100 valence electrons. The van der Waals surface area contributed by atoms with Gasteiger partial charge in [-0.1, -0.05) is 18.2 Å². The van der Waals surface area contributed by atoms with Gasteiger partial charge in [0.2, 0.25) is 0 Å². The molecule has 1 aliphatic heterocycles. The lowest BCUT2D eigenvalue weighted by Crippen LogP contribution is -2.10. The van der Waals surface area contributed by atoms with E-state index in [0.717, 1.165) is 16.9 Å². The van der Waals surface area contributed by atoms with Crippen molar-refractivity contribution in [2.24, 2.45) is 5.73 Å². The third kappa shape index (κ3) is 2.31. The molecule has 1 aliphatic rings. The van der Waals surface area contributed by atoms with Gasteiger partial charge in [-0.25, -0.2) is 0 Å². The zero-order valence-corrected chi connectivity index (χ0v) is 10.9. The average molecular weight is 266 g/mol. The molecule has 1 atom stereocenters. The molecule has 1 unspecified atom stereocenters. The quantitative estimate of drug-likeness (QED) is 0.926. The second-order valence-electron chi connectivity index (χ2n) is 4.67. The summed E-state index contributed by atoms with van der Waals surface area (Å²) in [4.78, 5) is 0. The van der Waals surface area contributed by atoms with Crippen LogP contribution in [0.25, 0.3) is 0 Å². The largest absolute Gasteiger partial charge is 0.491 e. The molecule has 4 nitrogen and oxygen atoms in total. The van der Waals surface area contributed by atoms with Crippen LogP contribution in [-0.2, 0) is 6.61 Å². The van der Waals surface area contributed by atoms with E-state index in [1.807, 2.05) is 36.4 Å². The van der Waals surface area contributed by atoms with E-state index in [9.17, 15) is 0 Å². The molecule has 0 radical (unpaired) electrons. The van der Waals surface area contributed by atoms with Crippen molar-refractivity contribution in [3.63, 3.8) is 0 Å². The standard InChI is InChI=1S/C16H14N2O2/c17-8-11-3-1-2-4-12(11)9-19-13-5-6-14-15(18)10-20-16(14)7-13/h1-7,15H,9-10,18H2. The number of benzene rings is 2. The van der Waals surface area contributed by atoms with Crippen molar-refractivity contribution in [3.05, 3.63) is 59.2 Å². The third-order valence-electron chi connectivity index (χ3n) is 3.34. The van der Waals surface area contributed by atoms with Gasteiger partial charge in [0.05, 0.1) is 17.7 Å². The topological polar surface area (TPSA) is 68.3 Å². The zero-order chi connectivity index (χ0) is 13.9. The van der Waals surface area contributed by atoms with Crippen LogP contribution in [-0.4, -0.2) is 6.61 Å². The summed E-state index contributed by atoms with van der Waals surface area (Å²) in [5.41, 5.74) is 8.41. The van der Waals surface area contributed by atoms with Gasteiger partial charge in [-0.2, -0.15) is 5.26 Å². The fraction of sp³-hybridized carbons (Fsp3) is 0.188. The maximum atomic E-state index is 9.03. The molecule has 2 aromatic rings. The lowest BCUT2D eigenvalue weighted by molar-refractivity contribution is 0.300. The van der Waals surface area contributed by atoms with Crippen molar-refractivity contribution in [2.45, 2.75) is 12.6 Å². The lowest BCUT2D eigenvalue weighted by Gasteiger charge is -2.09. The molecule has 0 fully saturated rings. The molecule has 4 heteroatoms. The summed E-state index contributed by atoms with van der Waals surface area (Å²) in [6, 6.07) is 15.2. The van der Waals surface area contributed by atoms with Gasteiger partial charge in [0.1, 0.15) is 24.7 Å². The molecular weight excluding hydrogens is 252 g/mol. The van der Waals surface area contributed by atoms with Gasteiger partial charge >= 0.3 is 0 Å². The van der Waals surface area contributed by atoms with Crippen molar-refractivity contribution >= 4 is 0 Å². The van der Waals surface area contributed by atoms with E-state index in [-0.39, 0.29) is 6.04 Å². The first kappa shape index (κ1) is 12.5. The van der Waals surface area contributed by atoms with Gasteiger partial charge in [0.25, 0.3) is 0 Å². The summed E-state index contributed by atoms with van der Waals surface area (Å²) in [5, 5.41) is 9.03. The second kappa shape index (κ2) is 5.24. The van der Waals surface area contributed by atoms with Gasteiger partial charge in [-0.05, 0) is 18.2 Å². The molecule has 0 aromatic heterocycles. The highest BCUT2D eigenvalue weighted by Gasteiger charge is 2.20. The van der Waals surface area contributed by atoms with Crippen LogP contribution in [0.5, 0.6) is 11.5 Å². The number of nitriles is 1. The highest BCUT2D eigenvalue weighted by Crippen LogP contribution is 2.34. The van der Waals surface area contributed by atoms with Crippen molar-refractivity contribution in [1.82, 2.24) is 0 Å². The Morgan fingerprint density at radius 3 is 3.00 bits per heavy atom. The van der Waals surface area contributed by atoms with E-state index < -0.39 is 0 Å². The summed E-state index contributed by atoms with van der Waals surface area (Å²) in [6.07, 6.45) is 0. The molecule has 0 aliphatic carbocycles. The Labute approximate surface area is 117 Å². The summed E-state index contributed by atoms with van der Waals surface area (Å²) in [6.45, 7) is 0.866. The van der Waals surface area contributed by atoms with Gasteiger partial charge < -0.3 is 15.2 Å². The summed E-state index contributed by atoms with van der Waals surface area (Å²) >= 11 is 0. The monoisotopic (exact) mass is 266 g/mol. The zero-order valence-electron chi connectivity index (χ0n) is 10.9. The fourth-order valence-corrected chi connectivity index (χ4v) is 2.22. The van der Waals surface area contributed by atoms with E-state index in [4.69, 9.17) is 20.5 Å². The minimum Gasteiger partial charge on any atom is -0.491 e. The summed E-state index contributed by atoms with van der Waals surface area (Å²) in [5.74, 6) is 1.49. The number of rotatable bonds is 3. The van der Waals surface area contributed by atoms with Crippen LogP contribution in [0.1, 0.15) is 22.7 Å². The van der Waals surface area contributed by atoms with Crippen LogP contribution in [0.3, 0.4) is 0 Å². The van der Waals surface area contributed by atoms with Crippen LogP contribution < -0.4 is 15.2 Å². The van der Waals surface area contributed by atoms with Crippen LogP contribution in [0.15, 0.2) is 42.5 Å². The SMILES string of the molecule is N#Cc1ccccc1COc1ccc2c(c1)OCC2N. The Balaban J connectivity index is 1.75. The number of nitrogens with two attached hydrogens (primary N) is 1. The van der Waals surface area contributed by atoms with Crippen molar-refractivity contribution in [2.75, 3.05) is 6.61 Å². The molecule has 20 heavy (non-hydrogen) atoms. The van der Waals surface area contributed by atoms with E-state index in [2.05, 4.69) is 6.07 Å². The number of nitrogens with zero attached hydrogens (tertiary/aromatic N) is 1. The van der Waals surface area contributed by atoms with Crippen molar-refractivity contribution in [1.29, 1.82) is 5.26 Å². The number of hydrogen-bond acceptors (Lipinski definition) is 4. The Kier molecular flexibility index (Phi) is 3.28. The van der Waals surface area contributed by atoms with Crippen LogP contribution >= 0.6 is 0 Å². The maximum Gasteiger partial charge on any atom is 0.127 e. The first-order valence-corrected chi connectivity index (χ1v) is 6.41. The average Bonchev–Trinajstić information content (AvgIpc) is 2.86. The molecule has 0 saturated carbocycles.